The lowest BCUT2D eigenvalue weighted by Gasteiger charge is -2.32. The van der Waals surface area contributed by atoms with Gasteiger partial charge in [-0.3, -0.25) is 0 Å². The van der Waals surface area contributed by atoms with Crippen molar-refractivity contribution in [1.29, 1.82) is 0 Å². The van der Waals surface area contributed by atoms with E-state index in [1.54, 1.807) is 13.3 Å². The van der Waals surface area contributed by atoms with Crippen molar-refractivity contribution in [1.82, 2.24) is 15.1 Å². The molecular formula is C14H18BN3O4. The number of hydrogen-bond acceptors (Lipinski definition) is 7. The van der Waals surface area contributed by atoms with Gasteiger partial charge < -0.3 is 18.6 Å². The summed E-state index contributed by atoms with van der Waals surface area (Å²) in [6.45, 7) is 8.02. The Hall–Kier alpha value is -1.93. The molecule has 3 heterocycles. The molecule has 2 aromatic rings. The largest absolute Gasteiger partial charge is 0.496 e. The first kappa shape index (κ1) is 15.0. The minimum Gasteiger partial charge on any atom is -0.480 e. The lowest BCUT2D eigenvalue weighted by atomic mass is 9.79. The topological polar surface area (TPSA) is 79.5 Å². The quantitative estimate of drug-likeness (QED) is 0.794. The smallest absolute Gasteiger partial charge is 0.480 e. The van der Waals surface area contributed by atoms with Gasteiger partial charge in [-0.25, -0.2) is 4.98 Å². The summed E-state index contributed by atoms with van der Waals surface area (Å²) < 4.78 is 22.1. The molecule has 0 saturated carbocycles. The van der Waals surface area contributed by atoms with Crippen LogP contribution in [0.5, 0.6) is 5.88 Å². The minimum absolute atomic E-state index is 0.405. The average Bonchev–Trinajstić information content (AvgIpc) is 3.05. The summed E-state index contributed by atoms with van der Waals surface area (Å²) >= 11 is 0. The second-order valence-electron chi connectivity index (χ2n) is 6.17. The Kier molecular flexibility index (Phi) is 3.45. The summed E-state index contributed by atoms with van der Waals surface area (Å²) in [5, 5.41) is 3.83. The molecule has 0 spiro atoms. The van der Waals surface area contributed by atoms with Crippen molar-refractivity contribution in [2.24, 2.45) is 0 Å². The van der Waals surface area contributed by atoms with E-state index in [9.17, 15) is 0 Å². The molecule has 1 aliphatic heterocycles. The van der Waals surface area contributed by atoms with Crippen LogP contribution in [-0.4, -0.2) is 40.6 Å². The van der Waals surface area contributed by atoms with Crippen LogP contribution < -0.4 is 10.2 Å². The monoisotopic (exact) mass is 303 g/mol. The van der Waals surface area contributed by atoms with Gasteiger partial charge in [-0.15, -0.1) is 0 Å². The number of rotatable bonds is 3. The Morgan fingerprint density at radius 1 is 1.09 bits per heavy atom. The van der Waals surface area contributed by atoms with E-state index in [-0.39, 0.29) is 0 Å². The highest BCUT2D eigenvalue weighted by atomic mass is 16.7. The fourth-order valence-corrected chi connectivity index (χ4v) is 2.19. The van der Waals surface area contributed by atoms with Crippen LogP contribution in [0.25, 0.3) is 11.4 Å². The number of methoxy groups -OCH3 is 1. The first-order chi connectivity index (χ1) is 10.3. The summed E-state index contributed by atoms with van der Waals surface area (Å²) in [5.74, 6) is 0.824. The maximum Gasteiger partial charge on any atom is 0.496 e. The molecule has 0 amide bonds. The highest BCUT2D eigenvalue weighted by Crippen LogP contribution is 2.36. The first-order valence-electron chi connectivity index (χ1n) is 7.00. The molecule has 1 saturated heterocycles. The molecule has 3 rings (SSSR count). The van der Waals surface area contributed by atoms with Gasteiger partial charge in [0.2, 0.25) is 18.1 Å². The van der Waals surface area contributed by atoms with E-state index in [1.807, 2.05) is 33.8 Å². The van der Waals surface area contributed by atoms with Crippen LogP contribution >= 0.6 is 0 Å². The molecule has 0 aromatic carbocycles. The van der Waals surface area contributed by atoms with Gasteiger partial charge in [0, 0.05) is 11.7 Å². The Labute approximate surface area is 129 Å². The molecule has 2 aromatic heterocycles. The van der Waals surface area contributed by atoms with E-state index in [0.717, 1.165) is 5.46 Å². The van der Waals surface area contributed by atoms with E-state index >= 15 is 0 Å². The highest BCUT2D eigenvalue weighted by molar-refractivity contribution is 6.62. The van der Waals surface area contributed by atoms with Crippen LogP contribution in [0.2, 0.25) is 0 Å². The molecule has 7 nitrogen and oxygen atoms in total. The molecule has 0 N–H and O–H groups in total. The van der Waals surface area contributed by atoms with Crippen LogP contribution in [0.1, 0.15) is 27.7 Å². The number of ether oxygens (including phenoxy) is 1. The van der Waals surface area contributed by atoms with Crippen molar-refractivity contribution in [2.75, 3.05) is 7.11 Å². The molecule has 22 heavy (non-hydrogen) atoms. The van der Waals surface area contributed by atoms with Gasteiger partial charge in [0.25, 0.3) is 0 Å². The molecule has 116 valence electrons. The zero-order valence-corrected chi connectivity index (χ0v) is 13.3. The molecule has 1 aliphatic rings. The Morgan fingerprint density at radius 3 is 2.32 bits per heavy atom. The molecule has 0 atom stereocenters. The fourth-order valence-electron chi connectivity index (χ4n) is 2.19. The van der Waals surface area contributed by atoms with Gasteiger partial charge in [0.15, 0.2) is 0 Å². The van der Waals surface area contributed by atoms with Gasteiger partial charge in [0.05, 0.1) is 23.9 Å². The number of aromatic nitrogens is 3. The minimum atomic E-state index is -0.506. The molecule has 0 radical (unpaired) electrons. The SMILES string of the molecule is COc1ncc(B2OC(C)(C)C(C)(C)O2)cc1-c1ncon1. The molecule has 0 aliphatic carbocycles. The summed E-state index contributed by atoms with van der Waals surface area (Å²) in [5.41, 5.74) is 0.580. The Bertz CT molecular complexity index is 657. The summed E-state index contributed by atoms with van der Waals surface area (Å²) in [7, 11) is 1.04. The number of pyridine rings is 1. The van der Waals surface area contributed by atoms with Gasteiger partial charge in [-0.05, 0) is 33.8 Å². The number of nitrogens with zero attached hydrogens (tertiary/aromatic N) is 3. The highest BCUT2D eigenvalue weighted by Gasteiger charge is 2.52. The predicted octanol–water partition coefficient (Wildman–Crippen LogP) is 1.44. The second kappa shape index (κ2) is 5.07. The van der Waals surface area contributed by atoms with Gasteiger partial charge in [0.1, 0.15) is 0 Å². The third kappa shape index (κ3) is 2.38. The van der Waals surface area contributed by atoms with Crippen LogP contribution in [0.3, 0.4) is 0 Å². The Balaban J connectivity index is 1.98. The zero-order chi connectivity index (χ0) is 16.0. The summed E-state index contributed by atoms with van der Waals surface area (Å²) in [6.07, 6.45) is 2.93. The third-order valence-corrected chi connectivity index (χ3v) is 4.19. The van der Waals surface area contributed by atoms with Crippen LogP contribution in [0, 0.1) is 0 Å². The van der Waals surface area contributed by atoms with Crippen molar-refractivity contribution < 1.29 is 18.6 Å². The van der Waals surface area contributed by atoms with Crippen LogP contribution in [-0.2, 0) is 9.31 Å². The van der Waals surface area contributed by atoms with E-state index in [2.05, 4.69) is 15.1 Å². The molecule has 0 unspecified atom stereocenters. The van der Waals surface area contributed by atoms with Crippen LogP contribution in [0.4, 0.5) is 0 Å². The molecule has 1 fully saturated rings. The normalized spacial score (nSPS) is 19.4. The average molecular weight is 303 g/mol. The summed E-state index contributed by atoms with van der Waals surface area (Å²) in [4.78, 5) is 8.33. The van der Waals surface area contributed by atoms with E-state index in [0.29, 0.717) is 17.3 Å². The standard InChI is InChI=1S/C14H18BN3O4/c1-13(2)14(3,4)22-15(21-13)9-6-10(11-17-8-20-18-11)12(19-5)16-7-9/h6-8H,1-5H3. The van der Waals surface area contributed by atoms with E-state index in [4.69, 9.17) is 18.6 Å². The molecular weight excluding hydrogens is 285 g/mol. The lowest BCUT2D eigenvalue weighted by Crippen LogP contribution is -2.41. The van der Waals surface area contributed by atoms with Crippen molar-refractivity contribution in [3.05, 3.63) is 18.7 Å². The maximum absolute atomic E-state index is 6.03. The lowest BCUT2D eigenvalue weighted by molar-refractivity contribution is 0.00578. The van der Waals surface area contributed by atoms with Crippen molar-refractivity contribution in [3.63, 3.8) is 0 Å². The number of hydrogen-bond donors (Lipinski definition) is 0. The fraction of sp³-hybridized carbons (Fsp3) is 0.500. The van der Waals surface area contributed by atoms with Gasteiger partial charge in [-0.1, -0.05) is 5.16 Å². The summed E-state index contributed by atoms with van der Waals surface area (Å²) in [6, 6.07) is 1.85. The predicted molar refractivity (Wildman–Crippen MR) is 79.8 cm³/mol. The van der Waals surface area contributed by atoms with Gasteiger partial charge in [-0.2, -0.15) is 4.98 Å². The van der Waals surface area contributed by atoms with Crippen molar-refractivity contribution in [3.8, 4) is 17.3 Å². The van der Waals surface area contributed by atoms with Crippen molar-refractivity contribution >= 4 is 12.6 Å². The van der Waals surface area contributed by atoms with E-state index in [1.165, 1.54) is 6.39 Å². The van der Waals surface area contributed by atoms with E-state index < -0.39 is 18.3 Å². The zero-order valence-electron chi connectivity index (χ0n) is 13.3. The first-order valence-corrected chi connectivity index (χ1v) is 7.00. The van der Waals surface area contributed by atoms with Crippen LogP contribution in [0.15, 0.2) is 23.2 Å². The van der Waals surface area contributed by atoms with Gasteiger partial charge >= 0.3 is 7.12 Å². The maximum atomic E-state index is 6.03. The molecule has 8 heteroatoms. The third-order valence-electron chi connectivity index (χ3n) is 4.19. The second-order valence-corrected chi connectivity index (χ2v) is 6.17. The molecule has 0 bridgehead atoms. The van der Waals surface area contributed by atoms with Crippen molar-refractivity contribution in [2.45, 2.75) is 38.9 Å². The Morgan fingerprint density at radius 2 is 1.77 bits per heavy atom.